The van der Waals surface area contributed by atoms with E-state index in [4.69, 9.17) is 19.4 Å². The monoisotopic (exact) mass is 753 g/mol. The molecule has 2 heterocycles. The highest BCUT2D eigenvalue weighted by Crippen LogP contribution is 2.43. The van der Waals surface area contributed by atoms with Crippen LogP contribution in [0.5, 0.6) is 0 Å². The van der Waals surface area contributed by atoms with Crippen LogP contribution in [0.25, 0.3) is 111 Å². The molecule has 0 saturated carbocycles. The Morgan fingerprint density at radius 1 is 0.254 bits per heavy atom. The summed E-state index contributed by atoms with van der Waals surface area (Å²) in [5.74, 6) is 1.79. The lowest BCUT2D eigenvalue weighted by Gasteiger charge is -2.13. The molecule has 0 unspecified atom stereocenters. The van der Waals surface area contributed by atoms with E-state index < -0.39 is 0 Å². The van der Waals surface area contributed by atoms with E-state index in [1.165, 1.54) is 0 Å². The van der Waals surface area contributed by atoms with Gasteiger partial charge in [-0.1, -0.05) is 200 Å². The second-order valence-electron chi connectivity index (χ2n) is 14.7. The SMILES string of the molecule is c1ccc(-c2ccc(-c3nc(-c4ccc(-c5ccccc5)c5ccccc45)nc(-c4cccc5oc6c(-c7ccccc7-c7ccccc7)cccc6c45)n3)cc2)cc1. The summed E-state index contributed by atoms with van der Waals surface area (Å²) in [7, 11) is 0. The second-order valence-corrected chi connectivity index (χ2v) is 14.7. The van der Waals surface area contributed by atoms with Crippen LogP contribution in [-0.2, 0) is 0 Å². The summed E-state index contributed by atoms with van der Waals surface area (Å²) in [6.07, 6.45) is 0. The molecule has 0 saturated heterocycles. The Morgan fingerprint density at radius 3 is 1.42 bits per heavy atom. The maximum Gasteiger partial charge on any atom is 0.164 e. The van der Waals surface area contributed by atoms with E-state index >= 15 is 0 Å². The molecule has 0 aliphatic rings. The molecule has 4 nitrogen and oxygen atoms in total. The molecule has 0 amide bonds. The molecule has 2 aromatic heterocycles. The van der Waals surface area contributed by atoms with Crippen molar-refractivity contribution in [2.24, 2.45) is 0 Å². The van der Waals surface area contributed by atoms with Gasteiger partial charge in [-0.15, -0.1) is 0 Å². The van der Waals surface area contributed by atoms with Gasteiger partial charge in [0.15, 0.2) is 17.5 Å². The first-order chi connectivity index (χ1) is 29.3. The minimum Gasteiger partial charge on any atom is -0.455 e. The van der Waals surface area contributed by atoms with Crippen molar-refractivity contribution in [3.05, 3.63) is 212 Å². The van der Waals surface area contributed by atoms with Crippen LogP contribution in [0.4, 0.5) is 0 Å². The molecule has 0 aliphatic heterocycles. The Hall–Kier alpha value is -7.95. The zero-order chi connectivity index (χ0) is 39.1. The van der Waals surface area contributed by atoms with E-state index in [1.807, 2.05) is 24.3 Å². The maximum atomic E-state index is 6.82. The number of hydrogen-bond acceptors (Lipinski definition) is 4. The fraction of sp³-hybridized carbons (Fsp3) is 0. The van der Waals surface area contributed by atoms with Crippen molar-refractivity contribution in [3.63, 3.8) is 0 Å². The van der Waals surface area contributed by atoms with Gasteiger partial charge in [0.2, 0.25) is 0 Å². The van der Waals surface area contributed by atoms with Crippen molar-refractivity contribution < 1.29 is 4.42 Å². The van der Waals surface area contributed by atoms with Crippen molar-refractivity contribution in [2.45, 2.75) is 0 Å². The summed E-state index contributed by atoms with van der Waals surface area (Å²) >= 11 is 0. The van der Waals surface area contributed by atoms with E-state index in [9.17, 15) is 0 Å². The average Bonchev–Trinajstić information content (AvgIpc) is 3.71. The first kappa shape index (κ1) is 34.3. The van der Waals surface area contributed by atoms with Gasteiger partial charge >= 0.3 is 0 Å². The van der Waals surface area contributed by atoms with E-state index in [-0.39, 0.29) is 0 Å². The minimum absolute atomic E-state index is 0.580. The van der Waals surface area contributed by atoms with Gasteiger partial charge in [0.1, 0.15) is 11.2 Å². The molecule has 0 radical (unpaired) electrons. The summed E-state index contributed by atoms with van der Waals surface area (Å²) in [6.45, 7) is 0. The smallest absolute Gasteiger partial charge is 0.164 e. The number of rotatable bonds is 7. The van der Waals surface area contributed by atoms with Gasteiger partial charge in [-0.25, -0.2) is 15.0 Å². The molecule has 11 rings (SSSR count). The molecule has 0 bridgehead atoms. The van der Waals surface area contributed by atoms with Crippen molar-refractivity contribution in [2.75, 3.05) is 0 Å². The van der Waals surface area contributed by atoms with Crippen LogP contribution in [0.1, 0.15) is 0 Å². The van der Waals surface area contributed by atoms with Gasteiger partial charge in [-0.05, 0) is 61.8 Å². The zero-order valence-corrected chi connectivity index (χ0v) is 32.0. The molecule has 4 heteroatoms. The Labute approximate surface area is 341 Å². The zero-order valence-electron chi connectivity index (χ0n) is 32.0. The van der Waals surface area contributed by atoms with Crippen LogP contribution >= 0.6 is 0 Å². The Bertz CT molecular complexity index is 3300. The third kappa shape index (κ3) is 6.15. The third-order valence-electron chi connectivity index (χ3n) is 11.2. The Morgan fingerprint density at radius 2 is 0.712 bits per heavy atom. The molecule has 11 aromatic rings. The highest BCUT2D eigenvalue weighted by atomic mass is 16.3. The minimum atomic E-state index is 0.580. The average molecular weight is 754 g/mol. The predicted molar refractivity (Wildman–Crippen MR) is 243 cm³/mol. The summed E-state index contributed by atoms with van der Waals surface area (Å²) in [5, 5.41) is 4.18. The summed E-state index contributed by atoms with van der Waals surface area (Å²) < 4.78 is 6.82. The lowest BCUT2D eigenvalue weighted by Crippen LogP contribution is -2.01. The standard InChI is InChI=1S/C55H35N3O/c1-4-16-36(17-5-1)37-30-32-40(33-31-37)53-56-54(47-35-34-42(39-20-8-3-9-21-39)43-23-12-13-25-45(43)47)58-55(57-53)49-28-15-29-50-51(49)48-27-14-26-46(52(48)59-50)44-24-11-10-22-41(44)38-18-6-2-7-19-38/h1-35H. The van der Waals surface area contributed by atoms with Gasteiger partial charge in [-0.3, -0.25) is 0 Å². The van der Waals surface area contributed by atoms with Crippen LogP contribution in [0.3, 0.4) is 0 Å². The topological polar surface area (TPSA) is 51.8 Å². The molecule has 9 aromatic carbocycles. The van der Waals surface area contributed by atoms with Crippen molar-refractivity contribution in [1.29, 1.82) is 0 Å². The molecule has 0 aliphatic carbocycles. The second kappa shape index (κ2) is 14.5. The fourth-order valence-electron chi connectivity index (χ4n) is 8.39. The summed E-state index contributed by atoms with van der Waals surface area (Å²) in [6, 6.07) is 73.9. The summed E-state index contributed by atoms with van der Waals surface area (Å²) in [4.78, 5) is 15.8. The van der Waals surface area contributed by atoms with E-state index in [2.05, 4.69) is 188 Å². The Balaban J connectivity index is 1.12. The van der Waals surface area contributed by atoms with Gasteiger partial charge in [-0.2, -0.15) is 0 Å². The molecule has 0 N–H and O–H groups in total. The number of benzene rings is 9. The Kier molecular flexibility index (Phi) is 8.45. The lowest BCUT2D eigenvalue weighted by atomic mass is 9.93. The number of aromatic nitrogens is 3. The van der Waals surface area contributed by atoms with Crippen molar-refractivity contribution >= 4 is 32.7 Å². The number of nitrogens with zero attached hydrogens (tertiary/aromatic N) is 3. The van der Waals surface area contributed by atoms with E-state index in [0.717, 1.165) is 93.9 Å². The van der Waals surface area contributed by atoms with E-state index in [1.54, 1.807) is 0 Å². The molecule has 276 valence electrons. The van der Waals surface area contributed by atoms with Gasteiger partial charge in [0.05, 0.1) is 0 Å². The molecular weight excluding hydrogens is 719 g/mol. The molecular formula is C55H35N3O. The van der Waals surface area contributed by atoms with Crippen molar-refractivity contribution in [1.82, 2.24) is 15.0 Å². The third-order valence-corrected chi connectivity index (χ3v) is 11.2. The van der Waals surface area contributed by atoms with Gasteiger partial charge in [0, 0.05) is 33.0 Å². The highest BCUT2D eigenvalue weighted by molar-refractivity contribution is 6.15. The lowest BCUT2D eigenvalue weighted by molar-refractivity contribution is 0.670. The fourth-order valence-corrected chi connectivity index (χ4v) is 8.39. The number of fused-ring (bicyclic) bond motifs is 4. The number of furan rings is 1. The largest absolute Gasteiger partial charge is 0.455 e. The molecule has 0 atom stereocenters. The van der Waals surface area contributed by atoms with Crippen molar-refractivity contribution in [3.8, 4) is 78.7 Å². The highest BCUT2D eigenvalue weighted by Gasteiger charge is 2.21. The molecule has 0 spiro atoms. The first-order valence-electron chi connectivity index (χ1n) is 19.9. The molecule has 59 heavy (non-hydrogen) atoms. The maximum absolute atomic E-state index is 6.82. The van der Waals surface area contributed by atoms with Gasteiger partial charge < -0.3 is 4.42 Å². The van der Waals surface area contributed by atoms with E-state index in [0.29, 0.717) is 17.5 Å². The first-order valence-corrected chi connectivity index (χ1v) is 19.9. The predicted octanol–water partition coefficient (Wildman–Crippen LogP) is 14.6. The van der Waals surface area contributed by atoms with Crippen LogP contribution in [0.2, 0.25) is 0 Å². The van der Waals surface area contributed by atoms with Gasteiger partial charge in [0.25, 0.3) is 0 Å². The quantitative estimate of drug-likeness (QED) is 0.163. The van der Waals surface area contributed by atoms with Crippen LogP contribution in [-0.4, -0.2) is 15.0 Å². The van der Waals surface area contributed by atoms with Crippen LogP contribution in [0.15, 0.2) is 217 Å². The van der Waals surface area contributed by atoms with Crippen LogP contribution < -0.4 is 0 Å². The molecule has 0 fully saturated rings. The number of hydrogen-bond donors (Lipinski definition) is 0. The van der Waals surface area contributed by atoms with Crippen LogP contribution in [0, 0.1) is 0 Å². The normalized spacial score (nSPS) is 11.4. The summed E-state index contributed by atoms with van der Waals surface area (Å²) in [5.41, 5.74) is 13.4. The number of para-hydroxylation sites is 1.